The molecule has 0 unspecified atom stereocenters. The van der Waals surface area contributed by atoms with Crippen molar-refractivity contribution in [3.63, 3.8) is 0 Å². The van der Waals surface area contributed by atoms with Gasteiger partial charge >= 0.3 is 0 Å². The van der Waals surface area contributed by atoms with Gasteiger partial charge in [-0.3, -0.25) is 9.69 Å². The van der Waals surface area contributed by atoms with E-state index < -0.39 is 0 Å². The first kappa shape index (κ1) is 20.2. The van der Waals surface area contributed by atoms with Gasteiger partial charge in [-0.25, -0.2) is 0 Å². The van der Waals surface area contributed by atoms with Crippen molar-refractivity contribution in [1.82, 2.24) is 9.80 Å². The molecule has 0 bridgehead atoms. The minimum Gasteiger partial charge on any atom is -0.395 e. The zero-order valence-corrected chi connectivity index (χ0v) is 15.0. The van der Waals surface area contributed by atoms with Crippen molar-refractivity contribution in [3.8, 4) is 0 Å². The van der Waals surface area contributed by atoms with Crippen LogP contribution in [0.25, 0.3) is 0 Å². The number of halogens is 2. The number of nitrogens with zero attached hydrogens (tertiary/aromatic N) is 2. The quantitative estimate of drug-likeness (QED) is 0.813. The Morgan fingerprint density at radius 2 is 1.83 bits per heavy atom. The molecular formula is C16H25Cl2N3O2. The van der Waals surface area contributed by atoms with Crippen LogP contribution in [0.3, 0.4) is 0 Å². The molecule has 5 nitrogen and oxygen atoms in total. The minimum absolute atomic E-state index is 0. The number of carbonyl (C=O) groups excluding carboxylic acids is 1. The summed E-state index contributed by atoms with van der Waals surface area (Å²) in [5.41, 5.74) is 1.68. The summed E-state index contributed by atoms with van der Waals surface area (Å²) in [6, 6.07) is 5.52. The van der Waals surface area contributed by atoms with E-state index in [1.807, 2.05) is 25.1 Å². The van der Waals surface area contributed by atoms with Crippen LogP contribution in [0.4, 0.5) is 5.69 Å². The molecule has 130 valence electrons. The fourth-order valence-corrected chi connectivity index (χ4v) is 2.77. The van der Waals surface area contributed by atoms with Gasteiger partial charge in [0, 0.05) is 56.4 Å². The second kappa shape index (κ2) is 10.1. The van der Waals surface area contributed by atoms with Crippen LogP contribution in [0, 0.1) is 6.92 Å². The SMILES string of the molecule is Cc1c(Cl)cccc1NC(=O)CCN1CCN(CCO)CC1.Cl. The molecule has 0 saturated carbocycles. The zero-order valence-electron chi connectivity index (χ0n) is 13.4. The molecule has 1 heterocycles. The van der Waals surface area contributed by atoms with Gasteiger partial charge < -0.3 is 15.3 Å². The highest BCUT2D eigenvalue weighted by atomic mass is 35.5. The third-order valence-electron chi connectivity index (χ3n) is 4.08. The molecule has 1 aromatic carbocycles. The highest BCUT2D eigenvalue weighted by Crippen LogP contribution is 2.22. The van der Waals surface area contributed by atoms with Gasteiger partial charge in [0.05, 0.1) is 6.61 Å². The number of aliphatic hydroxyl groups excluding tert-OH is 1. The molecular weight excluding hydrogens is 337 g/mol. The van der Waals surface area contributed by atoms with Crippen LogP contribution in [-0.4, -0.2) is 66.7 Å². The predicted molar refractivity (Wildman–Crippen MR) is 96.6 cm³/mol. The van der Waals surface area contributed by atoms with Crippen molar-refractivity contribution in [2.45, 2.75) is 13.3 Å². The molecule has 0 radical (unpaired) electrons. The van der Waals surface area contributed by atoms with Crippen molar-refractivity contribution in [2.75, 3.05) is 51.2 Å². The second-order valence-electron chi connectivity index (χ2n) is 5.62. The Labute approximate surface area is 149 Å². The van der Waals surface area contributed by atoms with Crippen molar-refractivity contribution in [2.24, 2.45) is 0 Å². The Hall–Kier alpha value is -0.850. The van der Waals surface area contributed by atoms with E-state index in [0.29, 0.717) is 11.4 Å². The van der Waals surface area contributed by atoms with Gasteiger partial charge in [0.2, 0.25) is 5.91 Å². The molecule has 1 aliphatic rings. The number of hydrogen-bond acceptors (Lipinski definition) is 4. The number of piperazine rings is 1. The molecule has 0 aromatic heterocycles. The topological polar surface area (TPSA) is 55.8 Å². The summed E-state index contributed by atoms with van der Waals surface area (Å²) in [5.74, 6) is 0.0168. The maximum atomic E-state index is 12.1. The number of β-amino-alcohol motifs (C(OH)–C–C–N with tert-alkyl or cyclic N) is 1. The molecule has 23 heavy (non-hydrogen) atoms. The summed E-state index contributed by atoms with van der Waals surface area (Å²) in [6.45, 7) is 7.42. The third-order valence-corrected chi connectivity index (χ3v) is 4.49. The van der Waals surface area contributed by atoms with E-state index in [1.54, 1.807) is 0 Å². The van der Waals surface area contributed by atoms with E-state index >= 15 is 0 Å². The van der Waals surface area contributed by atoms with Crippen molar-refractivity contribution < 1.29 is 9.90 Å². The van der Waals surface area contributed by atoms with Gasteiger partial charge in [0.1, 0.15) is 0 Å². The standard InChI is InChI=1S/C16H24ClN3O2.ClH/c1-13-14(17)3-2-4-15(13)18-16(22)5-6-19-7-9-20(10-8-19)11-12-21;/h2-4,21H,5-12H2,1H3,(H,18,22);1H. The Bertz CT molecular complexity index is 506. The Balaban J connectivity index is 0.00000264. The summed E-state index contributed by atoms with van der Waals surface area (Å²) in [4.78, 5) is 16.6. The summed E-state index contributed by atoms with van der Waals surface area (Å²) in [6.07, 6.45) is 0.478. The summed E-state index contributed by atoms with van der Waals surface area (Å²) in [7, 11) is 0. The lowest BCUT2D eigenvalue weighted by Crippen LogP contribution is -2.47. The van der Waals surface area contributed by atoms with E-state index in [2.05, 4.69) is 15.1 Å². The number of rotatable bonds is 6. The second-order valence-corrected chi connectivity index (χ2v) is 6.02. The Morgan fingerprint density at radius 3 is 2.43 bits per heavy atom. The first-order chi connectivity index (χ1) is 10.6. The minimum atomic E-state index is 0. The number of benzene rings is 1. The van der Waals surface area contributed by atoms with E-state index in [9.17, 15) is 4.79 Å². The first-order valence-corrected chi connectivity index (χ1v) is 8.08. The van der Waals surface area contributed by atoms with Gasteiger partial charge in [-0.05, 0) is 24.6 Å². The van der Waals surface area contributed by atoms with Crippen LogP contribution in [-0.2, 0) is 4.79 Å². The van der Waals surface area contributed by atoms with Gasteiger partial charge in [-0.1, -0.05) is 17.7 Å². The Kier molecular flexibility index (Phi) is 8.87. The van der Waals surface area contributed by atoms with Crippen molar-refractivity contribution in [3.05, 3.63) is 28.8 Å². The average Bonchev–Trinajstić information content (AvgIpc) is 2.51. The highest BCUT2D eigenvalue weighted by Gasteiger charge is 2.17. The largest absolute Gasteiger partial charge is 0.395 e. The monoisotopic (exact) mass is 361 g/mol. The van der Waals surface area contributed by atoms with Crippen LogP contribution in [0.5, 0.6) is 0 Å². The van der Waals surface area contributed by atoms with Crippen LogP contribution in [0.2, 0.25) is 5.02 Å². The van der Waals surface area contributed by atoms with Gasteiger partial charge in [0.25, 0.3) is 0 Å². The fourth-order valence-electron chi connectivity index (χ4n) is 2.59. The number of hydrogen-bond donors (Lipinski definition) is 2. The lowest BCUT2D eigenvalue weighted by molar-refractivity contribution is -0.116. The van der Waals surface area contributed by atoms with Gasteiger partial charge in [-0.15, -0.1) is 12.4 Å². The molecule has 0 atom stereocenters. The third kappa shape index (κ3) is 6.28. The molecule has 0 spiro atoms. The van der Waals surface area contributed by atoms with E-state index in [1.165, 1.54) is 0 Å². The molecule has 2 N–H and O–H groups in total. The maximum Gasteiger partial charge on any atom is 0.225 e. The molecule has 2 rings (SSSR count). The number of anilines is 1. The van der Waals surface area contributed by atoms with Crippen LogP contribution in [0.15, 0.2) is 18.2 Å². The highest BCUT2D eigenvalue weighted by molar-refractivity contribution is 6.31. The molecule has 0 aliphatic carbocycles. The fraction of sp³-hybridized carbons (Fsp3) is 0.562. The maximum absolute atomic E-state index is 12.1. The van der Waals surface area contributed by atoms with Crippen molar-refractivity contribution in [1.29, 1.82) is 0 Å². The van der Waals surface area contributed by atoms with E-state index in [0.717, 1.165) is 50.5 Å². The van der Waals surface area contributed by atoms with Gasteiger partial charge in [-0.2, -0.15) is 0 Å². The summed E-state index contributed by atoms with van der Waals surface area (Å²) in [5, 5.41) is 12.5. The van der Waals surface area contributed by atoms with Gasteiger partial charge in [0.15, 0.2) is 0 Å². The molecule has 7 heteroatoms. The van der Waals surface area contributed by atoms with E-state index in [4.69, 9.17) is 16.7 Å². The van der Waals surface area contributed by atoms with E-state index in [-0.39, 0.29) is 24.9 Å². The van der Waals surface area contributed by atoms with Crippen LogP contribution < -0.4 is 5.32 Å². The zero-order chi connectivity index (χ0) is 15.9. The number of nitrogens with one attached hydrogen (secondary N) is 1. The molecule has 1 aromatic rings. The Morgan fingerprint density at radius 1 is 1.22 bits per heavy atom. The predicted octanol–water partition coefficient (Wildman–Crippen LogP) is 2.01. The number of amides is 1. The smallest absolute Gasteiger partial charge is 0.225 e. The normalized spacial score (nSPS) is 16.0. The molecule has 1 amide bonds. The first-order valence-electron chi connectivity index (χ1n) is 7.70. The average molecular weight is 362 g/mol. The summed E-state index contributed by atoms with van der Waals surface area (Å²) < 4.78 is 0. The molecule has 1 fully saturated rings. The number of carbonyl (C=O) groups is 1. The van der Waals surface area contributed by atoms with Crippen molar-refractivity contribution >= 4 is 35.6 Å². The van der Waals surface area contributed by atoms with Crippen LogP contribution in [0.1, 0.15) is 12.0 Å². The molecule has 1 aliphatic heterocycles. The molecule has 1 saturated heterocycles. The summed E-state index contributed by atoms with van der Waals surface area (Å²) >= 11 is 6.05. The lowest BCUT2D eigenvalue weighted by atomic mass is 10.2. The number of aliphatic hydroxyl groups is 1. The lowest BCUT2D eigenvalue weighted by Gasteiger charge is -2.34. The van der Waals surface area contributed by atoms with Crippen LogP contribution >= 0.6 is 24.0 Å².